The first-order chi connectivity index (χ1) is 14.0. The van der Waals surface area contributed by atoms with Gasteiger partial charge in [-0.2, -0.15) is 0 Å². The van der Waals surface area contributed by atoms with Crippen molar-refractivity contribution in [3.63, 3.8) is 0 Å². The molecule has 7 heteroatoms. The lowest BCUT2D eigenvalue weighted by Crippen LogP contribution is -2.15. The Morgan fingerprint density at radius 3 is 1.97 bits per heavy atom. The van der Waals surface area contributed by atoms with Crippen molar-refractivity contribution in [3.05, 3.63) is 90.8 Å². The predicted molar refractivity (Wildman–Crippen MR) is 113 cm³/mol. The lowest BCUT2D eigenvalue weighted by atomic mass is 10.1. The number of anilines is 1. The van der Waals surface area contributed by atoms with E-state index < -0.39 is 10.0 Å². The minimum absolute atomic E-state index is 0.0127. The first kappa shape index (κ1) is 18.8. The molecule has 0 amide bonds. The van der Waals surface area contributed by atoms with Crippen molar-refractivity contribution >= 4 is 16.0 Å². The molecule has 4 aromatic rings. The van der Waals surface area contributed by atoms with E-state index in [2.05, 4.69) is 19.7 Å². The molecule has 0 spiro atoms. The van der Waals surface area contributed by atoms with Gasteiger partial charge in [0, 0.05) is 23.5 Å². The third-order valence-corrected chi connectivity index (χ3v) is 5.67. The van der Waals surface area contributed by atoms with E-state index >= 15 is 0 Å². The van der Waals surface area contributed by atoms with E-state index in [1.54, 1.807) is 36.7 Å². The molecule has 1 N–H and O–H groups in total. The Kier molecular flexibility index (Phi) is 5.05. The van der Waals surface area contributed by atoms with Crippen LogP contribution in [-0.2, 0) is 10.0 Å². The Labute approximate surface area is 169 Å². The average Bonchev–Trinajstić information content (AvgIpc) is 2.75. The van der Waals surface area contributed by atoms with Gasteiger partial charge in [0.15, 0.2) is 0 Å². The van der Waals surface area contributed by atoms with Gasteiger partial charge in [-0.15, -0.1) is 0 Å². The topological polar surface area (TPSA) is 84.8 Å². The monoisotopic (exact) mass is 402 g/mol. The third-order valence-electron chi connectivity index (χ3n) is 4.33. The summed E-state index contributed by atoms with van der Waals surface area (Å²) in [5.41, 5.74) is 3.87. The summed E-state index contributed by atoms with van der Waals surface area (Å²) in [5, 5.41) is 0. The highest BCUT2D eigenvalue weighted by Gasteiger charge is 2.17. The molecule has 29 heavy (non-hydrogen) atoms. The van der Waals surface area contributed by atoms with Crippen molar-refractivity contribution in [1.82, 2.24) is 15.0 Å². The Bertz CT molecular complexity index is 1170. The van der Waals surface area contributed by atoms with Crippen LogP contribution in [0.15, 0.2) is 90.1 Å². The summed E-state index contributed by atoms with van der Waals surface area (Å²) in [4.78, 5) is 13.0. The lowest BCUT2D eigenvalue weighted by molar-refractivity contribution is 0.601. The second kappa shape index (κ2) is 7.81. The molecule has 2 aromatic heterocycles. The fraction of sp³-hybridized carbons (Fsp3) is 0.0455. The molecule has 0 saturated carbocycles. The Hall–Kier alpha value is -3.58. The van der Waals surface area contributed by atoms with Crippen LogP contribution in [0.2, 0.25) is 0 Å². The number of aryl methyl sites for hydroxylation is 1. The van der Waals surface area contributed by atoms with E-state index in [4.69, 9.17) is 0 Å². The van der Waals surface area contributed by atoms with Gasteiger partial charge in [-0.1, -0.05) is 48.0 Å². The SMILES string of the molecule is Cc1ccc(S(=O)(=O)Nc2nc(-c3ccccc3)cc(-c3ccncc3)n2)cc1. The maximum atomic E-state index is 12.8. The second-order valence-corrected chi connectivity index (χ2v) is 8.16. The normalized spacial score (nSPS) is 11.2. The van der Waals surface area contributed by atoms with Gasteiger partial charge in [0.05, 0.1) is 16.3 Å². The number of nitrogens with zero attached hydrogens (tertiary/aromatic N) is 3. The molecule has 4 rings (SSSR count). The van der Waals surface area contributed by atoms with Crippen LogP contribution in [0.3, 0.4) is 0 Å². The molecular formula is C22H18N4O2S. The fourth-order valence-electron chi connectivity index (χ4n) is 2.82. The van der Waals surface area contributed by atoms with Crippen LogP contribution in [0.4, 0.5) is 5.95 Å². The van der Waals surface area contributed by atoms with E-state index in [9.17, 15) is 8.42 Å². The van der Waals surface area contributed by atoms with Gasteiger partial charge in [0.2, 0.25) is 5.95 Å². The van der Waals surface area contributed by atoms with Gasteiger partial charge in [-0.25, -0.2) is 23.1 Å². The molecular weight excluding hydrogens is 384 g/mol. The summed E-state index contributed by atoms with van der Waals surface area (Å²) in [6.45, 7) is 1.90. The van der Waals surface area contributed by atoms with Crippen LogP contribution in [0.25, 0.3) is 22.5 Å². The van der Waals surface area contributed by atoms with Gasteiger partial charge in [-0.05, 0) is 37.3 Å². The van der Waals surface area contributed by atoms with Crippen LogP contribution in [-0.4, -0.2) is 23.4 Å². The number of hydrogen-bond acceptors (Lipinski definition) is 5. The van der Waals surface area contributed by atoms with Crippen molar-refractivity contribution in [2.75, 3.05) is 4.72 Å². The molecule has 6 nitrogen and oxygen atoms in total. The molecule has 2 aromatic carbocycles. The number of nitrogens with one attached hydrogen (secondary N) is 1. The molecule has 0 bridgehead atoms. The third kappa shape index (κ3) is 4.30. The van der Waals surface area contributed by atoms with Gasteiger partial charge in [0.1, 0.15) is 0 Å². The summed E-state index contributed by atoms with van der Waals surface area (Å²) in [7, 11) is -3.82. The summed E-state index contributed by atoms with van der Waals surface area (Å²) < 4.78 is 28.1. The van der Waals surface area contributed by atoms with E-state index in [-0.39, 0.29) is 10.8 Å². The minimum Gasteiger partial charge on any atom is -0.265 e. The molecule has 144 valence electrons. The molecule has 0 saturated heterocycles. The van der Waals surface area contributed by atoms with Crippen LogP contribution in [0.1, 0.15) is 5.56 Å². The number of hydrogen-bond donors (Lipinski definition) is 1. The lowest BCUT2D eigenvalue weighted by Gasteiger charge is -2.11. The second-order valence-electron chi connectivity index (χ2n) is 6.48. The highest BCUT2D eigenvalue weighted by molar-refractivity contribution is 7.92. The Morgan fingerprint density at radius 1 is 0.759 bits per heavy atom. The average molecular weight is 402 g/mol. The van der Waals surface area contributed by atoms with Crippen molar-refractivity contribution in [2.24, 2.45) is 0 Å². The zero-order valence-electron chi connectivity index (χ0n) is 15.6. The van der Waals surface area contributed by atoms with E-state index in [0.29, 0.717) is 11.4 Å². The molecule has 2 heterocycles. The number of pyridine rings is 1. The summed E-state index contributed by atoms with van der Waals surface area (Å²) in [6.07, 6.45) is 3.32. The molecule has 0 aliphatic carbocycles. The van der Waals surface area contributed by atoms with Gasteiger partial charge in [-0.3, -0.25) is 4.98 Å². The molecule has 0 radical (unpaired) electrons. The first-order valence-corrected chi connectivity index (χ1v) is 10.4. The summed E-state index contributed by atoms with van der Waals surface area (Å²) in [6, 6.07) is 21.6. The standard InChI is InChI=1S/C22H18N4O2S/c1-16-7-9-19(10-8-16)29(27,28)26-22-24-20(17-5-3-2-4-6-17)15-21(25-22)18-11-13-23-14-12-18/h2-15H,1H3,(H,24,25,26). The van der Waals surface area contributed by atoms with Crippen LogP contribution >= 0.6 is 0 Å². The number of aromatic nitrogens is 3. The van der Waals surface area contributed by atoms with Gasteiger partial charge < -0.3 is 0 Å². The Morgan fingerprint density at radius 2 is 1.34 bits per heavy atom. The minimum atomic E-state index is -3.82. The number of rotatable bonds is 5. The summed E-state index contributed by atoms with van der Waals surface area (Å²) in [5.74, 6) is 0.0127. The highest BCUT2D eigenvalue weighted by atomic mass is 32.2. The molecule has 0 atom stereocenters. The zero-order chi connectivity index (χ0) is 20.3. The summed E-state index contributed by atoms with van der Waals surface area (Å²) >= 11 is 0. The largest absolute Gasteiger partial charge is 0.265 e. The van der Waals surface area contributed by atoms with Crippen molar-refractivity contribution in [3.8, 4) is 22.5 Å². The maximum absolute atomic E-state index is 12.8. The smallest absolute Gasteiger partial charge is 0.264 e. The fourth-order valence-corrected chi connectivity index (χ4v) is 3.76. The van der Waals surface area contributed by atoms with Crippen molar-refractivity contribution in [1.29, 1.82) is 0 Å². The number of benzene rings is 2. The molecule has 0 aliphatic rings. The quantitative estimate of drug-likeness (QED) is 0.537. The predicted octanol–water partition coefficient (Wildman–Crippen LogP) is 4.31. The van der Waals surface area contributed by atoms with Crippen molar-refractivity contribution < 1.29 is 8.42 Å². The van der Waals surface area contributed by atoms with Crippen molar-refractivity contribution in [2.45, 2.75) is 11.8 Å². The maximum Gasteiger partial charge on any atom is 0.264 e. The Balaban J connectivity index is 1.79. The molecule has 0 aliphatic heterocycles. The highest BCUT2D eigenvalue weighted by Crippen LogP contribution is 2.25. The zero-order valence-corrected chi connectivity index (χ0v) is 16.5. The van der Waals surface area contributed by atoms with E-state index in [1.165, 1.54) is 0 Å². The molecule has 0 unspecified atom stereocenters. The van der Waals surface area contributed by atoms with Crippen LogP contribution in [0, 0.1) is 6.92 Å². The first-order valence-electron chi connectivity index (χ1n) is 8.96. The van der Waals surface area contributed by atoms with Crippen LogP contribution in [0.5, 0.6) is 0 Å². The van der Waals surface area contributed by atoms with E-state index in [1.807, 2.05) is 55.5 Å². The van der Waals surface area contributed by atoms with E-state index in [0.717, 1.165) is 16.7 Å². The molecule has 0 fully saturated rings. The van der Waals surface area contributed by atoms with Crippen LogP contribution < -0.4 is 4.72 Å². The number of sulfonamides is 1. The van der Waals surface area contributed by atoms with Gasteiger partial charge in [0.25, 0.3) is 10.0 Å². The van der Waals surface area contributed by atoms with Gasteiger partial charge >= 0.3 is 0 Å².